The van der Waals surface area contributed by atoms with Crippen LogP contribution in [0.3, 0.4) is 0 Å². The number of carboxylic acid groups (broad SMARTS) is 1. The predicted molar refractivity (Wildman–Crippen MR) is 40.0 cm³/mol. The van der Waals surface area contributed by atoms with E-state index in [1.54, 1.807) is 0 Å². The molecule has 62 valence electrons. The van der Waals surface area contributed by atoms with Gasteiger partial charge in [-0.05, 0) is 24.7 Å². The fourth-order valence-corrected chi connectivity index (χ4v) is 2.31. The summed E-state index contributed by atoms with van der Waals surface area (Å²) in [7, 11) is 0. The van der Waals surface area contributed by atoms with Crippen molar-refractivity contribution in [1.82, 2.24) is 0 Å². The molecule has 2 fully saturated rings. The average molecular weight is 155 g/mol. The summed E-state index contributed by atoms with van der Waals surface area (Å²) < 4.78 is 0. The maximum absolute atomic E-state index is 10.8. The topological polar surface area (TPSA) is 63.3 Å². The second kappa shape index (κ2) is 1.97. The molecule has 0 aliphatic heterocycles. The Morgan fingerprint density at radius 2 is 2.36 bits per heavy atom. The molecule has 0 amide bonds. The Morgan fingerprint density at radius 3 is 2.91 bits per heavy atom. The summed E-state index contributed by atoms with van der Waals surface area (Å²) in [4.78, 5) is 10.8. The molecule has 2 aliphatic rings. The van der Waals surface area contributed by atoms with E-state index in [9.17, 15) is 4.79 Å². The molecule has 3 nitrogen and oxygen atoms in total. The lowest BCUT2D eigenvalue weighted by Gasteiger charge is -2.28. The predicted octanol–water partition coefficient (Wildman–Crippen LogP) is 0.588. The zero-order valence-corrected chi connectivity index (χ0v) is 6.42. The molecule has 0 unspecified atom stereocenters. The quantitative estimate of drug-likeness (QED) is 0.582. The standard InChI is InChI=1S/C8H13NO2/c9-8(7(10)11)3-1-2-5-4-6(5)8/h5-6H,1-4,9H2,(H,10,11)/t5-,6+,8+/m0/s1. The highest BCUT2D eigenvalue weighted by atomic mass is 16.4. The number of carbonyl (C=O) groups is 1. The van der Waals surface area contributed by atoms with E-state index in [1.807, 2.05) is 0 Å². The molecule has 3 N–H and O–H groups in total. The molecule has 2 aliphatic carbocycles. The molecule has 11 heavy (non-hydrogen) atoms. The second-order valence-corrected chi connectivity index (χ2v) is 3.84. The van der Waals surface area contributed by atoms with Crippen molar-refractivity contribution in [2.45, 2.75) is 31.2 Å². The lowest BCUT2D eigenvalue weighted by Crippen LogP contribution is -2.51. The lowest BCUT2D eigenvalue weighted by molar-refractivity contribution is -0.145. The van der Waals surface area contributed by atoms with E-state index in [2.05, 4.69) is 0 Å². The van der Waals surface area contributed by atoms with E-state index in [1.165, 1.54) is 6.42 Å². The van der Waals surface area contributed by atoms with Gasteiger partial charge in [-0.15, -0.1) is 0 Å². The summed E-state index contributed by atoms with van der Waals surface area (Å²) in [6.07, 6.45) is 3.90. The molecule has 0 aromatic heterocycles. The largest absolute Gasteiger partial charge is 0.480 e. The van der Waals surface area contributed by atoms with Gasteiger partial charge in [0.1, 0.15) is 5.54 Å². The summed E-state index contributed by atoms with van der Waals surface area (Å²) in [6, 6.07) is 0. The van der Waals surface area contributed by atoms with Crippen molar-refractivity contribution in [3.8, 4) is 0 Å². The van der Waals surface area contributed by atoms with Gasteiger partial charge in [-0.2, -0.15) is 0 Å². The molecule has 3 atom stereocenters. The normalized spacial score (nSPS) is 48.1. The van der Waals surface area contributed by atoms with Crippen molar-refractivity contribution < 1.29 is 9.90 Å². The van der Waals surface area contributed by atoms with Crippen LogP contribution in [0.15, 0.2) is 0 Å². The molecular formula is C8H13NO2. The molecule has 0 aromatic carbocycles. The van der Waals surface area contributed by atoms with Gasteiger partial charge in [-0.25, -0.2) is 0 Å². The Morgan fingerprint density at radius 1 is 1.64 bits per heavy atom. The van der Waals surface area contributed by atoms with E-state index in [0.717, 1.165) is 12.8 Å². The van der Waals surface area contributed by atoms with Crippen molar-refractivity contribution in [2.24, 2.45) is 17.6 Å². The van der Waals surface area contributed by atoms with Gasteiger partial charge in [0, 0.05) is 0 Å². The number of aliphatic carboxylic acids is 1. The van der Waals surface area contributed by atoms with Crippen LogP contribution in [0.25, 0.3) is 0 Å². The Labute approximate surface area is 65.6 Å². The summed E-state index contributed by atoms with van der Waals surface area (Å²) in [5.41, 5.74) is 4.92. The molecule has 0 radical (unpaired) electrons. The SMILES string of the molecule is N[C@]1(C(=O)O)CCC[C@H]2C[C@H]21. The van der Waals surface area contributed by atoms with Gasteiger partial charge in [-0.3, -0.25) is 4.79 Å². The fraction of sp³-hybridized carbons (Fsp3) is 0.875. The minimum atomic E-state index is -0.872. The molecule has 0 saturated heterocycles. The van der Waals surface area contributed by atoms with Crippen LogP contribution < -0.4 is 5.73 Å². The Hall–Kier alpha value is -0.570. The lowest BCUT2D eigenvalue weighted by atomic mass is 9.82. The van der Waals surface area contributed by atoms with Crippen LogP contribution >= 0.6 is 0 Å². The molecule has 3 heteroatoms. The molecular weight excluding hydrogens is 142 g/mol. The number of carboxylic acids is 1. The number of rotatable bonds is 1. The third kappa shape index (κ3) is 0.872. The number of hydrogen-bond donors (Lipinski definition) is 2. The smallest absolute Gasteiger partial charge is 0.323 e. The summed E-state index contributed by atoms with van der Waals surface area (Å²) in [5.74, 6) is 0.114. The van der Waals surface area contributed by atoms with Gasteiger partial charge in [0.2, 0.25) is 0 Å². The third-order valence-corrected chi connectivity index (χ3v) is 3.15. The summed E-state index contributed by atoms with van der Waals surface area (Å²) in [5, 5.41) is 8.87. The van der Waals surface area contributed by atoms with Crippen molar-refractivity contribution in [3.63, 3.8) is 0 Å². The van der Waals surface area contributed by atoms with Crippen LogP contribution in [-0.4, -0.2) is 16.6 Å². The first kappa shape index (κ1) is 7.10. The number of fused-ring (bicyclic) bond motifs is 1. The average Bonchev–Trinajstić information content (AvgIpc) is 2.67. The van der Waals surface area contributed by atoms with E-state index in [0.29, 0.717) is 12.3 Å². The summed E-state index contributed by atoms with van der Waals surface area (Å²) >= 11 is 0. The van der Waals surface area contributed by atoms with Gasteiger partial charge in [0.05, 0.1) is 0 Å². The highest BCUT2D eigenvalue weighted by Gasteiger charge is 2.56. The molecule has 0 spiro atoms. The van der Waals surface area contributed by atoms with Crippen molar-refractivity contribution in [3.05, 3.63) is 0 Å². The Kier molecular flexibility index (Phi) is 1.27. The van der Waals surface area contributed by atoms with Gasteiger partial charge in [-0.1, -0.05) is 12.8 Å². The van der Waals surface area contributed by atoms with Crippen LogP contribution in [0.1, 0.15) is 25.7 Å². The van der Waals surface area contributed by atoms with E-state index in [4.69, 9.17) is 10.8 Å². The molecule has 2 rings (SSSR count). The fourth-order valence-electron chi connectivity index (χ4n) is 2.31. The summed E-state index contributed by atoms with van der Waals surface area (Å²) in [6.45, 7) is 0. The van der Waals surface area contributed by atoms with Crippen molar-refractivity contribution in [1.29, 1.82) is 0 Å². The number of hydrogen-bond acceptors (Lipinski definition) is 2. The van der Waals surface area contributed by atoms with E-state index in [-0.39, 0.29) is 5.92 Å². The van der Waals surface area contributed by atoms with Crippen molar-refractivity contribution >= 4 is 5.97 Å². The third-order valence-electron chi connectivity index (χ3n) is 3.15. The Bertz CT molecular complexity index is 204. The van der Waals surface area contributed by atoms with Crippen LogP contribution in [0, 0.1) is 11.8 Å². The molecule has 0 bridgehead atoms. The Balaban J connectivity index is 2.17. The first-order chi connectivity index (χ1) is 5.14. The maximum Gasteiger partial charge on any atom is 0.323 e. The molecule has 0 heterocycles. The van der Waals surface area contributed by atoms with Gasteiger partial charge < -0.3 is 10.8 Å². The van der Waals surface area contributed by atoms with Crippen LogP contribution in [0.5, 0.6) is 0 Å². The highest BCUT2D eigenvalue weighted by molar-refractivity contribution is 5.79. The van der Waals surface area contributed by atoms with Gasteiger partial charge in [0.25, 0.3) is 0 Å². The zero-order valence-electron chi connectivity index (χ0n) is 6.42. The van der Waals surface area contributed by atoms with Gasteiger partial charge >= 0.3 is 5.97 Å². The van der Waals surface area contributed by atoms with Crippen LogP contribution in [-0.2, 0) is 4.79 Å². The molecule has 2 saturated carbocycles. The minimum Gasteiger partial charge on any atom is -0.480 e. The number of nitrogens with two attached hydrogens (primary N) is 1. The first-order valence-corrected chi connectivity index (χ1v) is 4.17. The highest BCUT2D eigenvalue weighted by Crippen LogP contribution is 2.53. The van der Waals surface area contributed by atoms with E-state index >= 15 is 0 Å². The monoisotopic (exact) mass is 155 g/mol. The molecule has 0 aromatic rings. The second-order valence-electron chi connectivity index (χ2n) is 3.84. The van der Waals surface area contributed by atoms with Crippen LogP contribution in [0.4, 0.5) is 0 Å². The van der Waals surface area contributed by atoms with E-state index < -0.39 is 11.5 Å². The maximum atomic E-state index is 10.8. The minimum absolute atomic E-state index is 0.286. The van der Waals surface area contributed by atoms with Gasteiger partial charge in [0.15, 0.2) is 0 Å². The van der Waals surface area contributed by atoms with Crippen molar-refractivity contribution in [2.75, 3.05) is 0 Å². The first-order valence-electron chi connectivity index (χ1n) is 4.17. The zero-order chi connectivity index (χ0) is 8.06. The van der Waals surface area contributed by atoms with Crippen LogP contribution in [0.2, 0.25) is 0 Å².